The van der Waals surface area contributed by atoms with Crippen molar-refractivity contribution in [2.75, 3.05) is 5.32 Å². The summed E-state index contributed by atoms with van der Waals surface area (Å²) in [5.74, 6) is -0.701. The Morgan fingerprint density at radius 1 is 1.00 bits per heavy atom. The Hall–Kier alpha value is -2.04. The molecule has 0 heterocycles. The predicted octanol–water partition coefficient (Wildman–Crippen LogP) is 5.07. The molecule has 0 aliphatic carbocycles. The number of benzene rings is 2. The van der Waals surface area contributed by atoms with Crippen molar-refractivity contribution < 1.29 is 17.6 Å². The first-order valence-corrected chi connectivity index (χ1v) is 6.44. The Morgan fingerprint density at radius 2 is 1.71 bits per heavy atom. The van der Waals surface area contributed by atoms with Crippen LogP contribution in [0, 0.1) is 19.7 Å². The maximum atomic E-state index is 13.6. The van der Waals surface area contributed by atoms with E-state index in [1.165, 1.54) is 0 Å². The first-order chi connectivity index (χ1) is 9.77. The van der Waals surface area contributed by atoms with Crippen molar-refractivity contribution in [1.82, 2.24) is 0 Å². The van der Waals surface area contributed by atoms with Crippen molar-refractivity contribution in [1.29, 1.82) is 0 Å². The van der Waals surface area contributed by atoms with Crippen LogP contribution < -0.4 is 5.32 Å². The van der Waals surface area contributed by atoms with Gasteiger partial charge in [0.1, 0.15) is 5.82 Å². The summed E-state index contributed by atoms with van der Waals surface area (Å²) in [4.78, 5) is 0. The molecular formula is C16H15F4N. The van der Waals surface area contributed by atoms with E-state index in [1.807, 2.05) is 32.0 Å². The van der Waals surface area contributed by atoms with E-state index in [2.05, 4.69) is 5.32 Å². The third-order valence-corrected chi connectivity index (χ3v) is 3.26. The topological polar surface area (TPSA) is 12.0 Å². The lowest BCUT2D eigenvalue weighted by molar-refractivity contribution is -0.137. The summed E-state index contributed by atoms with van der Waals surface area (Å²) in [5, 5.41) is 2.73. The molecule has 0 amide bonds. The molecule has 0 aromatic heterocycles. The summed E-state index contributed by atoms with van der Waals surface area (Å²) >= 11 is 0. The highest BCUT2D eigenvalue weighted by atomic mass is 19.4. The van der Waals surface area contributed by atoms with Gasteiger partial charge in [-0.3, -0.25) is 0 Å². The van der Waals surface area contributed by atoms with E-state index in [-0.39, 0.29) is 12.2 Å². The Labute approximate surface area is 120 Å². The van der Waals surface area contributed by atoms with Crippen molar-refractivity contribution in [2.24, 2.45) is 0 Å². The zero-order chi connectivity index (χ0) is 15.6. The lowest BCUT2D eigenvalue weighted by Gasteiger charge is -2.13. The molecule has 0 bridgehead atoms. The largest absolute Gasteiger partial charge is 0.416 e. The summed E-state index contributed by atoms with van der Waals surface area (Å²) < 4.78 is 51.5. The van der Waals surface area contributed by atoms with Gasteiger partial charge in [0.2, 0.25) is 0 Å². The van der Waals surface area contributed by atoms with Gasteiger partial charge in [0.05, 0.1) is 11.3 Å². The third-order valence-electron chi connectivity index (χ3n) is 3.26. The molecular weight excluding hydrogens is 282 g/mol. The maximum Gasteiger partial charge on any atom is 0.416 e. The van der Waals surface area contributed by atoms with Crippen LogP contribution in [0.25, 0.3) is 0 Å². The molecule has 0 aliphatic heterocycles. The predicted molar refractivity (Wildman–Crippen MR) is 74.6 cm³/mol. The third kappa shape index (κ3) is 3.74. The number of nitrogens with one attached hydrogen (secondary N) is 1. The fourth-order valence-corrected chi connectivity index (χ4v) is 2.07. The van der Waals surface area contributed by atoms with Crippen molar-refractivity contribution in [3.63, 3.8) is 0 Å². The van der Waals surface area contributed by atoms with Gasteiger partial charge in [-0.15, -0.1) is 0 Å². The molecule has 21 heavy (non-hydrogen) atoms. The number of hydrogen-bond acceptors (Lipinski definition) is 1. The lowest BCUT2D eigenvalue weighted by atomic mass is 10.1. The highest BCUT2D eigenvalue weighted by molar-refractivity contribution is 5.49. The minimum Gasteiger partial charge on any atom is -0.379 e. The van der Waals surface area contributed by atoms with Crippen LogP contribution in [0.15, 0.2) is 36.4 Å². The van der Waals surface area contributed by atoms with Crippen molar-refractivity contribution in [2.45, 2.75) is 26.6 Å². The van der Waals surface area contributed by atoms with Crippen LogP contribution >= 0.6 is 0 Å². The Morgan fingerprint density at radius 3 is 2.33 bits per heavy atom. The normalized spacial score (nSPS) is 11.5. The SMILES string of the molecule is Cc1ccc(CNc2cc(C(F)(F)F)ccc2F)c(C)c1. The molecule has 1 N–H and O–H groups in total. The van der Waals surface area contributed by atoms with Gasteiger partial charge in [0.15, 0.2) is 0 Å². The van der Waals surface area contributed by atoms with E-state index in [0.29, 0.717) is 0 Å². The maximum absolute atomic E-state index is 13.6. The molecule has 1 nitrogen and oxygen atoms in total. The molecule has 0 saturated carbocycles. The summed E-state index contributed by atoms with van der Waals surface area (Å²) in [6, 6.07) is 8.11. The second kappa shape index (κ2) is 5.76. The standard InChI is InChI=1S/C16H15F4N/c1-10-3-4-12(11(2)7-10)9-21-15-8-13(16(18,19)20)5-6-14(15)17/h3-8,21H,9H2,1-2H3. The van der Waals surface area contributed by atoms with E-state index >= 15 is 0 Å². The zero-order valence-electron chi connectivity index (χ0n) is 11.7. The average molecular weight is 297 g/mol. The smallest absolute Gasteiger partial charge is 0.379 e. The van der Waals surface area contributed by atoms with Crippen LogP contribution in [0.4, 0.5) is 23.2 Å². The fraction of sp³-hybridized carbons (Fsp3) is 0.250. The number of anilines is 1. The molecule has 0 aliphatic rings. The van der Waals surface area contributed by atoms with Gasteiger partial charge in [-0.2, -0.15) is 13.2 Å². The summed E-state index contributed by atoms with van der Waals surface area (Å²) in [7, 11) is 0. The van der Waals surface area contributed by atoms with Gasteiger partial charge >= 0.3 is 6.18 Å². The van der Waals surface area contributed by atoms with Crippen molar-refractivity contribution >= 4 is 5.69 Å². The zero-order valence-corrected chi connectivity index (χ0v) is 11.7. The number of rotatable bonds is 3. The van der Waals surface area contributed by atoms with Gasteiger partial charge in [-0.05, 0) is 43.2 Å². The number of halogens is 4. The quantitative estimate of drug-likeness (QED) is 0.780. The van der Waals surface area contributed by atoms with Crippen LogP contribution in [-0.4, -0.2) is 0 Å². The second-order valence-corrected chi connectivity index (χ2v) is 4.98. The highest BCUT2D eigenvalue weighted by Gasteiger charge is 2.31. The molecule has 2 aromatic carbocycles. The number of hydrogen-bond donors (Lipinski definition) is 1. The Bertz CT molecular complexity index is 647. The van der Waals surface area contributed by atoms with Crippen LogP contribution in [0.1, 0.15) is 22.3 Å². The fourth-order valence-electron chi connectivity index (χ4n) is 2.07. The molecule has 112 valence electrons. The van der Waals surface area contributed by atoms with Crippen LogP contribution in [-0.2, 0) is 12.7 Å². The van der Waals surface area contributed by atoms with E-state index in [1.54, 1.807) is 0 Å². The average Bonchev–Trinajstić information content (AvgIpc) is 2.38. The first kappa shape index (κ1) is 15.4. The number of aryl methyl sites for hydroxylation is 2. The molecule has 0 spiro atoms. The van der Waals surface area contributed by atoms with Gasteiger partial charge < -0.3 is 5.32 Å². The summed E-state index contributed by atoms with van der Waals surface area (Å²) in [5.41, 5.74) is 2.01. The molecule has 0 radical (unpaired) electrons. The second-order valence-electron chi connectivity index (χ2n) is 4.98. The summed E-state index contributed by atoms with van der Waals surface area (Å²) in [6.45, 7) is 4.13. The first-order valence-electron chi connectivity index (χ1n) is 6.44. The minimum absolute atomic E-state index is 0.148. The van der Waals surface area contributed by atoms with Crippen molar-refractivity contribution in [3.05, 3.63) is 64.5 Å². The highest BCUT2D eigenvalue weighted by Crippen LogP contribution is 2.32. The minimum atomic E-state index is -4.48. The molecule has 0 atom stereocenters. The van der Waals surface area contributed by atoms with E-state index in [4.69, 9.17) is 0 Å². The van der Waals surface area contributed by atoms with E-state index in [9.17, 15) is 17.6 Å². The Kier molecular flexibility index (Phi) is 4.21. The molecule has 0 fully saturated rings. The number of alkyl halides is 3. The van der Waals surface area contributed by atoms with Crippen LogP contribution in [0.5, 0.6) is 0 Å². The van der Waals surface area contributed by atoms with E-state index < -0.39 is 17.6 Å². The Balaban J connectivity index is 2.19. The van der Waals surface area contributed by atoms with Crippen LogP contribution in [0.3, 0.4) is 0 Å². The van der Waals surface area contributed by atoms with Gasteiger partial charge in [-0.1, -0.05) is 23.8 Å². The summed E-state index contributed by atoms with van der Waals surface area (Å²) in [6.07, 6.45) is -4.48. The lowest BCUT2D eigenvalue weighted by Crippen LogP contribution is -2.08. The molecule has 2 rings (SSSR count). The molecule has 0 unspecified atom stereocenters. The van der Waals surface area contributed by atoms with Gasteiger partial charge in [-0.25, -0.2) is 4.39 Å². The molecule has 0 saturated heterocycles. The van der Waals surface area contributed by atoms with Crippen LogP contribution in [0.2, 0.25) is 0 Å². The molecule has 2 aromatic rings. The van der Waals surface area contributed by atoms with Gasteiger partial charge in [0, 0.05) is 6.54 Å². The van der Waals surface area contributed by atoms with Crippen molar-refractivity contribution in [3.8, 4) is 0 Å². The van der Waals surface area contributed by atoms with Gasteiger partial charge in [0.25, 0.3) is 0 Å². The monoisotopic (exact) mass is 297 g/mol. The molecule has 5 heteroatoms. The van der Waals surface area contributed by atoms with E-state index in [0.717, 1.165) is 34.9 Å².